The molecule has 2 nitrogen and oxygen atoms in total. The maximum Gasteiger partial charge on any atom is 0.0866 e. The van der Waals surface area contributed by atoms with E-state index in [1.54, 1.807) is 6.08 Å². The first kappa shape index (κ1) is 8.29. The molecule has 0 aromatic heterocycles. The average Bonchev–Trinajstić information content (AvgIpc) is 2.35. The van der Waals surface area contributed by atoms with Gasteiger partial charge in [0.1, 0.15) is 0 Å². The van der Waals surface area contributed by atoms with Crippen LogP contribution in [0.1, 0.15) is 25.7 Å². The number of aliphatic hydroxyl groups is 1. The Morgan fingerprint density at radius 2 is 2.55 bits per heavy atom. The predicted molar refractivity (Wildman–Crippen MR) is 42.7 cm³/mol. The molecule has 1 rings (SSSR count). The van der Waals surface area contributed by atoms with Crippen molar-refractivity contribution in [2.24, 2.45) is 5.41 Å². The normalized spacial score (nSPS) is 36.5. The van der Waals surface area contributed by atoms with Crippen LogP contribution >= 0.6 is 0 Å². The van der Waals surface area contributed by atoms with Gasteiger partial charge in [0.05, 0.1) is 17.6 Å². The molecule has 2 heteroatoms. The number of nitriles is 1. The summed E-state index contributed by atoms with van der Waals surface area (Å²) in [5.74, 6) is 0. The largest absolute Gasteiger partial charge is 0.391 e. The lowest BCUT2D eigenvalue weighted by Gasteiger charge is -2.22. The smallest absolute Gasteiger partial charge is 0.0866 e. The SMILES string of the molecule is C=CC[C@]1(C#N)CCC[C@@H]1O. The van der Waals surface area contributed by atoms with Gasteiger partial charge >= 0.3 is 0 Å². The highest BCUT2D eigenvalue weighted by Crippen LogP contribution is 2.40. The number of hydrogen-bond donors (Lipinski definition) is 1. The van der Waals surface area contributed by atoms with Crippen LogP contribution in [0, 0.1) is 16.7 Å². The minimum Gasteiger partial charge on any atom is -0.391 e. The monoisotopic (exact) mass is 151 g/mol. The van der Waals surface area contributed by atoms with E-state index in [9.17, 15) is 5.11 Å². The molecule has 0 aromatic rings. The molecule has 1 fully saturated rings. The molecule has 0 aliphatic heterocycles. The van der Waals surface area contributed by atoms with Gasteiger partial charge in [0.2, 0.25) is 0 Å². The minimum absolute atomic E-state index is 0.439. The van der Waals surface area contributed by atoms with E-state index in [2.05, 4.69) is 12.6 Å². The Kier molecular flexibility index (Phi) is 2.31. The Morgan fingerprint density at radius 3 is 2.91 bits per heavy atom. The highest BCUT2D eigenvalue weighted by Gasteiger charge is 2.41. The van der Waals surface area contributed by atoms with Gasteiger partial charge in [-0.3, -0.25) is 0 Å². The second kappa shape index (κ2) is 3.06. The summed E-state index contributed by atoms with van der Waals surface area (Å²) in [6, 6.07) is 2.21. The summed E-state index contributed by atoms with van der Waals surface area (Å²) >= 11 is 0. The first-order valence-corrected chi connectivity index (χ1v) is 3.95. The Labute approximate surface area is 67.2 Å². The summed E-state index contributed by atoms with van der Waals surface area (Å²) in [5, 5.41) is 18.4. The van der Waals surface area contributed by atoms with Crippen molar-refractivity contribution in [3.63, 3.8) is 0 Å². The first-order chi connectivity index (χ1) is 5.25. The van der Waals surface area contributed by atoms with Crippen molar-refractivity contribution < 1.29 is 5.11 Å². The maximum absolute atomic E-state index is 9.50. The van der Waals surface area contributed by atoms with E-state index in [4.69, 9.17) is 5.26 Å². The van der Waals surface area contributed by atoms with Crippen molar-refractivity contribution in [3.05, 3.63) is 12.7 Å². The number of allylic oxidation sites excluding steroid dienone is 1. The fraction of sp³-hybridized carbons (Fsp3) is 0.667. The summed E-state index contributed by atoms with van der Waals surface area (Å²) in [7, 11) is 0. The molecule has 2 atom stereocenters. The van der Waals surface area contributed by atoms with Gasteiger partial charge < -0.3 is 5.11 Å². The zero-order valence-electron chi connectivity index (χ0n) is 6.58. The Hall–Kier alpha value is -0.810. The molecule has 11 heavy (non-hydrogen) atoms. The van der Waals surface area contributed by atoms with Crippen molar-refractivity contribution >= 4 is 0 Å². The number of nitrogens with zero attached hydrogens (tertiary/aromatic N) is 1. The van der Waals surface area contributed by atoms with Crippen LogP contribution in [0.2, 0.25) is 0 Å². The lowest BCUT2D eigenvalue weighted by Crippen LogP contribution is -2.27. The second-order valence-electron chi connectivity index (χ2n) is 3.17. The lowest BCUT2D eigenvalue weighted by molar-refractivity contribution is 0.0935. The molecule has 60 valence electrons. The summed E-state index contributed by atoms with van der Waals surface area (Å²) in [6.45, 7) is 3.59. The van der Waals surface area contributed by atoms with Gasteiger partial charge in [0.25, 0.3) is 0 Å². The summed E-state index contributed by atoms with van der Waals surface area (Å²) in [6.07, 6.45) is 4.44. The van der Waals surface area contributed by atoms with Gasteiger partial charge in [-0.15, -0.1) is 6.58 Å². The number of hydrogen-bond acceptors (Lipinski definition) is 2. The van der Waals surface area contributed by atoms with Gasteiger partial charge in [0, 0.05) is 0 Å². The van der Waals surface area contributed by atoms with E-state index < -0.39 is 11.5 Å². The molecule has 0 bridgehead atoms. The third-order valence-electron chi connectivity index (χ3n) is 2.47. The molecule has 0 unspecified atom stereocenters. The maximum atomic E-state index is 9.50. The van der Waals surface area contributed by atoms with Crippen molar-refractivity contribution in [2.75, 3.05) is 0 Å². The van der Waals surface area contributed by atoms with Gasteiger partial charge in [-0.1, -0.05) is 6.08 Å². The van der Waals surface area contributed by atoms with Crippen LogP contribution in [-0.2, 0) is 0 Å². The molecule has 1 saturated carbocycles. The molecule has 0 aromatic carbocycles. The third kappa shape index (κ3) is 1.29. The molecule has 1 N–H and O–H groups in total. The lowest BCUT2D eigenvalue weighted by atomic mass is 9.82. The molecule has 0 amide bonds. The van der Waals surface area contributed by atoms with Crippen LogP contribution < -0.4 is 0 Å². The van der Waals surface area contributed by atoms with Gasteiger partial charge in [-0.25, -0.2) is 0 Å². The molecule has 1 aliphatic rings. The van der Waals surface area contributed by atoms with E-state index in [0.717, 1.165) is 19.3 Å². The van der Waals surface area contributed by atoms with E-state index in [0.29, 0.717) is 6.42 Å². The van der Waals surface area contributed by atoms with Crippen LogP contribution in [0.3, 0.4) is 0 Å². The Morgan fingerprint density at radius 1 is 1.82 bits per heavy atom. The van der Waals surface area contributed by atoms with Crippen LogP contribution in [0.4, 0.5) is 0 Å². The van der Waals surface area contributed by atoms with E-state index in [-0.39, 0.29) is 0 Å². The van der Waals surface area contributed by atoms with Crippen LogP contribution in [-0.4, -0.2) is 11.2 Å². The van der Waals surface area contributed by atoms with Crippen LogP contribution in [0.5, 0.6) is 0 Å². The molecule has 1 aliphatic carbocycles. The zero-order valence-corrected chi connectivity index (χ0v) is 6.58. The fourth-order valence-electron chi connectivity index (χ4n) is 1.73. The highest BCUT2D eigenvalue weighted by molar-refractivity contribution is 5.09. The topological polar surface area (TPSA) is 44.0 Å². The molecule has 0 heterocycles. The highest BCUT2D eigenvalue weighted by atomic mass is 16.3. The fourth-order valence-corrected chi connectivity index (χ4v) is 1.73. The summed E-state index contributed by atoms with van der Waals surface area (Å²) in [4.78, 5) is 0. The van der Waals surface area contributed by atoms with Crippen molar-refractivity contribution in [1.82, 2.24) is 0 Å². The zero-order chi connectivity index (χ0) is 8.32. The van der Waals surface area contributed by atoms with Crippen LogP contribution in [0.25, 0.3) is 0 Å². The molecule has 0 saturated heterocycles. The average molecular weight is 151 g/mol. The van der Waals surface area contributed by atoms with Gasteiger partial charge in [-0.2, -0.15) is 5.26 Å². The van der Waals surface area contributed by atoms with E-state index in [1.165, 1.54) is 0 Å². The Bertz CT molecular complexity index is 194. The van der Waals surface area contributed by atoms with Crippen molar-refractivity contribution in [1.29, 1.82) is 5.26 Å². The van der Waals surface area contributed by atoms with Crippen molar-refractivity contribution in [2.45, 2.75) is 31.8 Å². The summed E-state index contributed by atoms with van der Waals surface area (Å²) in [5.41, 5.74) is -0.512. The van der Waals surface area contributed by atoms with Crippen molar-refractivity contribution in [3.8, 4) is 6.07 Å². The Balaban J connectivity index is 2.75. The third-order valence-corrected chi connectivity index (χ3v) is 2.47. The van der Waals surface area contributed by atoms with Crippen LogP contribution in [0.15, 0.2) is 12.7 Å². The van der Waals surface area contributed by atoms with Gasteiger partial charge in [-0.05, 0) is 25.7 Å². The number of aliphatic hydroxyl groups excluding tert-OH is 1. The van der Waals surface area contributed by atoms with E-state index >= 15 is 0 Å². The first-order valence-electron chi connectivity index (χ1n) is 3.95. The standard InChI is InChI=1S/C9H13NO/c1-2-5-9(7-10)6-3-4-8(9)11/h2,8,11H,1,3-6H2/t8-,9+/m0/s1. The molecular formula is C9H13NO. The molecule has 0 radical (unpaired) electrons. The van der Waals surface area contributed by atoms with E-state index in [1.807, 2.05) is 0 Å². The summed E-state index contributed by atoms with van der Waals surface area (Å²) < 4.78 is 0. The van der Waals surface area contributed by atoms with Gasteiger partial charge in [0.15, 0.2) is 0 Å². The minimum atomic E-state index is -0.512. The molecular weight excluding hydrogens is 138 g/mol. The number of rotatable bonds is 2. The predicted octanol–water partition coefficient (Wildman–Crippen LogP) is 1.62. The molecule has 0 spiro atoms. The quantitative estimate of drug-likeness (QED) is 0.609. The second-order valence-corrected chi connectivity index (χ2v) is 3.17.